The summed E-state index contributed by atoms with van der Waals surface area (Å²) in [6.45, 7) is 5.02. The Morgan fingerprint density at radius 3 is 2.71 bits per heavy atom. The predicted octanol–water partition coefficient (Wildman–Crippen LogP) is 1.05. The first kappa shape index (κ1) is 20.1. The zero-order valence-corrected chi connectivity index (χ0v) is 16.4. The van der Waals surface area contributed by atoms with E-state index in [1.165, 1.54) is 0 Å². The zero-order valence-electron chi connectivity index (χ0n) is 16.4. The molecule has 2 fully saturated rings. The van der Waals surface area contributed by atoms with Crippen LogP contribution in [0.4, 0.5) is 10.5 Å². The molecule has 152 valence electrons. The number of para-hydroxylation sites is 1. The topological polar surface area (TPSA) is 103 Å². The van der Waals surface area contributed by atoms with Gasteiger partial charge in [-0.15, -0.1) is 0 Å². The first-order chi connectivity index (χ1) is 13.4. The van der Waals surface area contributed by atoms with E-state index in [0.717, 1.165) is 5.69 Å². The van der Waals surface area contributed by atoms with Crippen LogP contribution in [0.5, 0.6) is 0 Å². The van der Waals surface area contributed by atoms with Crippen molar-refractivity contribution in [1.82, 2.24) is 20.9 Å². The molecule has 2 aliphatic rings. The number of fused-ring (bicyclic) bond motifs is 1. The van der Waals surface area contributed by atoms with Crippen molar-refractivity contribution in [3.63, 3.8) is 0 Å². The minimum atomic E-state index is -0.274. The average molecular weight is 387 g/mol. The van der Waals surface area contributed by atoms with Crippen molar-refractivity contribution in [2.45, 2.75) is 57.3 Å². The Balaban J connectivity index is 1.53. The van der Waals surface area contributed by atoms with E-state index in [1.807, 2.05) is 44.2 Å². The van der Waals surface area contributed by atoms with E-state index < -0.39 is 0 Å². The number of amides is 4. The molecule has 1 aromatic rings. The Labute approximate surface area is 165 Å². The van der Waals surface area contributed by atoms with Crippen LogP contribution in [-0.4, -0.2) is 60.0 Å². The second-order valence-electron chi connectivity index (χ2n) is 7.77. The van der Waals surface area contributed by atoms with Crippen molar-refractivity contribution in [2.24, 2.45) is 0 Å². The molecular formula is C20H29N5O3. The maximum Gasteiger partial charge on any atom is 0.319 e. The van der Waals surface area contributed by atoms with Crippen LogP contribution in [0.25, 0.3) is 0 Å². The van der Waals surface area contributed by atoms with Gasteiger partial charge in [-0.3, -0.25) is 14.5 Å². The average Bonchev–Trinajstić information content (AvgIpc) is 3.06. The van der Waals surface area contributed by atoms with Gasteiger partial charge in [0.15, 0.2) is 0 Å². The molecule has 8 nitrogen and oxygen atoms in total. The summed E-state index contributed by atoms with van der Waals surface area (Å²) in [4.78, 5) is 38.6. The molecule has 2 saturated heterocycles. The van der Waals surface area contributed by atoms with Gasteiger partial charge in [0, 0.05) is 43.3 Å². The number of anilines is 1. The number of nitrogens with zero attached hydrogens (tertiary/aromatic N) is 1. The molecule has 4 amide bonds. The van der Waals surface area contributed by atoms with Crippen LogP contribution in [0.2, 0.25) is 0 Å². The van der Waals surface area contributed by atoms with Gasteiger partial charge in [-0.1, -0.05) is 18.2 Å². The van der Waals surface area contributed by atoms with Crippen molar-refractivity contribution >= 4 is 23.5 Å². The number of rotatable bonds is 6. The molecule has 0 saturated carbocycles. The van der Waals surface area contributed by atoms with E-state index in [2.05, 4.69) is 26.2 Å². The summed E-state index contributed by atoms with van der Waals surface area (Å²) in [5.74, 6) is 0.0233. The van der Waals surface area contributed by atoms with E-state index >= 15 is 0 Å². The molecule has 8 heteroatoms. The lowest BCUT2D eigenvalue weighted by Gasteiger charge is -2.37. The molecule has 0 aliphatic carbocycles. The highest BCUT2D eigenvalue weighted by Crippen LogP contribution is 2.26. The Morgan fingerprint density at radius 1 is 1.25 bits per heavy atom. The summed E-state index contributed by atoms with van der Waals surface area (Å²) in [7, 11) is 0. The fourth-order valence-electron chi connectivity index (χ4n) is 3.91. The number of nitrogens with one attached hydrogen (secondary N) is 4. The number of hydrogen-bond acceptors (Lipinski definition) is 4. The Hall–Kier alpha value is -2.61. The fourth-order valence-corrected chi connectivity index (χ4v) is 3.91. The third-order valence-corrected chi connectivity index (χ3v) is 5.14. The quantitative estimate of drug-likeness (QED) is 0.586. The Kier molecular flexibility index (Phi) is 6.51. The van der Waals surface area contributed by atoms with E-state index in [1.54, 1.807) is 0 Å². The van der Waals surface area contributed by atoms with Crippen molar-refractivity contribution in [1.29, 1.82) is 0 Å². The summed E-state index contributed by atoms with van der Waals surface area (Å²) < 4.78 is 0. The highest BCUT2D eigenvalue weighted by Gasteiger charge is 2.43. The summed E-state index contributed by atoms with van der Waals surface area (Å²) in [6, 6.07) is 8.83. The number of urea groups is 1. The minimum Gasteiger partial charge on any atom is -0.354 e. The zero-order chi connectivity index (χ0) is 20.1. The predicted molar refractivity (Wildman–Crippen MR) is 107 cm³/mol. The van der Waals surface area contributed by atoms with Crippen LogP contribution in [-0.2, 0) is 9.59 Å². The van der Waals surface area contributed by atoms with E-state index in [-0.39, 0.29) is 42.0 Å². The fraction of sp³-hybridized carbons (Fsp3) is 0.550. The molecule has 2 heterocycles. The van der Waals surface area contributed by atoms with Gasteiger partial charge in [-0.05, 0) is 38.8 Å². The lowest BCUT2D eigenvalue weighted by Crippen LogP contribution is -2.58. The SMILES string of the molecule is CC(C)NC(=O)CC[C@@H]1CNC(=O)[C@@H]2C[C@H](NC(=O)Nc3ccccc3)CN12. The van der Waals surface area contributed by atoms with Gasteiger partial charge in [0.2, 0.25) is 11.8 Å². The highest BCUT2D eigenvalue weighted by atomic mass is 16.2. The summed E-state index contributed by atoms with van der Waals surface area (Å²) in [5, 5.41) is 11.6. The third-order valence-electron chi connectivity index (χ3n) is 5.14. The van der Waals surface area contributed by atoms with Gasteiger partial charge in [0.1, 0.15) is 0 Å². The largest absolute Gasteiger partial charge is 0.354 e. The molecule has 28 heavy (non-hydrogen) atoms. The second-order valence-corrected chi connectivity index (χ2v) is 7.77. The molecule has 2 aliphatic heterocycles. The molecule has 0 radical (unpaired) electrons. The smallest absolute Gasteiger partial charge is 0.319 e. The van der Waals surface area contributed by atoms with Gasteiger partial charge < -0.3 is 21.3 Å². The number of benzene rings is 1. The van der Waals surface area contributed by atoms with Crippen LogP contribution in [0.1, 0.15) is 33.1 Å². The first-order valence-corrected chi connectivity index (χ1v) is 9.87. The number of carbonyl (C=O) groups is 3. The van der Waals surface area contributed by atoms with Crippen molar-refractivity contribution < 1.29 is 14.4 Å². The van der Waals surface area contributed by atoms with Crippen LogP contribution >= 0.6 is 0 Å². The van der Waals surface area contributed by atoms with Gasteiger partial charge in [-0.2, -0.15) is 0 Å². The molecule has 3 atom stereocenters. The Morgan fingerprint density at radius 2 is 2.00 bits per heavy atom. The standard InChI is InChI=1S/C20H29N5O3/c1-13(2)22-18(26)9-8-16-11-21-19(27)17-10-15(12-25(16)17)24-20(28)23-14-6-4-3-5-7-14/h3-7,13,15-17H,8-12H2,1-2H3,(H,21,27)(H,22,26)(H2,23,24,28)/t15-,16+,17-/m0/s1. The van der Waals surface area contributed by atoms with Gasteiger partial charge in [-0.25, -0.2) is 4.79 Å². The molecule has 3 rings (SSSR count). The van der Waals surface area contributed by atoms with Crippen molar-refractivity contribution in [2.75, 3.05) is 18.4 Å². The molecule has 4 N–H and O–H groups in total. The minimum absolute atomic E-state index is 0.00403. The summed E-state index contributed by atoms with van der Waals surface area (Å²) >= 11 is 0. The van der Waals surface area contributed by atoms with E-state index in [4.69, 9.17) is 0 Å². The van der Waals surface area contributed by atoms with E-state index in [0.29, 0.717) is 32.4 Å². The van der Waals surface area contributed by atoms with Gasteiger partial charge in [0.25, 0.3) is 0 Å². The normalized spacial score (nSPS) is 24.4. The molecular weight excluding hydrogens is 358 g/mol. The van der Waals surface area contributed by atoms with Crippen LogP contribution in [0.15, 0.2) is 30.3 Å². The third kappa shape index (κ3) is 5.22. The summed E-state index contributed by atoms with van der Waals surface area (Å²) in [6.07, 6.45) is 1.68. The lowest BCUT2D eigenvalue weighted by atomic mass is 10.0. The maximum atomic E-state index is 12.3. The van der Waals surface area contributed by atoms with E-state index in [9.17, 15) is 14.4 Å². The van der Waals surface area contributed by atoms with Crippen molar-refractivity contribution in [3.8, 4) is 0 Å². The van der Waals surface area contributed by atoms with Gasteiger partial charge in [0.05, 0.1) is 6.04 Å². The molecule has 1 aromatic carbocycles. The number of hydrogen-bond donors (Lipinski definition) is 4. The van der Waals surface area contributed by atoms with Gasteiger partial charge >= 0.3 is 6.03 Å². The maximum absolute atomic E-state index is 12.3. The molecule has 0 unspecified atom stereocenters. The first-order valence-electron chi connectivity index (χ1n) is 9.87. The van der Waals surface area contributed by atoms with Crippen LogP contribution in [0.3, 0.4) is 0 Å². The monoisotopic (exact) mass is 387 g/mol. The highest BCUT2D eigenvalue weighted by molar-refractivity contribution is 5.89. The lowest BCUT2D eigenvalue weighted by molar-refractivity contribution is -0.129. The Bertz CT molecular complexity index is 709. The number of piperazine rings is 1. The summed E-state index contributed by atoms with van der Waals surface area (Å²) in [5.41, 5.74) is 0.725. The van der Waals surface area contributed by atoms with Crippen molar-refractivity contribution in [3.05, 3.63) is 30.3 Å². The molecule has 0 aromatic heterocycles. The van der Waals surface area contributed by atoms with Crippen LogP contribution < -0.4 is 21.3 Å². The van der Waals surface area contributed by atoms with Crippen LogP contribution in [0, 0.1) is 0 Å². The molecule has 0 spiro atoms. The second kappa shape index (κ2) is 9.05. The molecule has 0 bridgehead atoms. The number of carbonyl (C=O) groups excluding carboxylic acids is 3.